The van der Waals surface area contributed by atoms with E-state index in [0.29, 0.717) is 5.69 Å². The first-order valence-electron chi connectivity index (χ1n) is 9.36. The van der Waals surface area contributed by atoms with Crippen LogP contribution in [0.5, 0.6) is 0 Å². The predicted molar refractivity (Wildman–Crippen MR) is 114 cm³/mol. The first kappa shape index (κ1) is 18.5. The standard InChI is InChI=1S/C22H23N3O2S/c26-28(27,22-12-6-19(7-13-22)18-4-2-1-3-5-18)24-20-8-10-21(11-9-20)25-16-14-23-15-17-25/h1-13,23-24H,14-17H2. The summed E-state index contributed by atoms with van der Waals surface area (Å²) in [5.74, 6) is 0. The summed E-state index contributed by atoms with van der Waals surface area (Å²) in [7, 11) is -3.62. The molecule has 1 fully saturated rings. The molecule has 0 radical (unpaired) electrons. The number of nitrogens with one attached hydrogen (secondary N) is 2. The highest BCUT2D eigenvalue weighted by atomic mass is 32.2. The van der Waals surface area contributed by atoms with E-state index in [-0.39, 0.29) is 4.90 Å². The van der Waals surface area contributed by atoms with Gasteiger partial charge in [-0.3, -0.25) is 4.72 Å². The van der Waals surface area contributed by atoms with E-state index in [1.54, 1.807) is 12.1 Å². The normalized spacial score (nSPS) is 14.6. The maximum absolute atomic E-state index is 12.7. The SMILES string of the molecule is O=S(=O)(Nc1ccc(N2CCNCC2)cc1)c1ccc(-c2ccccc2)cc1. The van der Waals surface area contributed by atoms with Crippen LogP contribution in [0.1, 0.15) is 0 Å². The Labute approximate surface area is 166 Å². The Morgan fingerprint density at radius 3 is 2.00 bits per heavy atom. The Morgan fingerprint density at radius 2 is 1.36 bits per heavy atom. The molecule has 5 nitrogen and oxygen atoms in total. The van der Waals surface area contributed by atoms with Crippen molar-refractivity contribution in [3.8, 4) is 11.1 Å². The lowest BCUT2D eigenvalue weighted by molar-refractivity contribution is 0.589. The van der Waals surface area contributed by atoms with Crippen molar-refractivity contribution in [3.05, 3.63) is 78.9 Å². The highest BCUT2D eigenvalue weighted by Crippen LogP contribution is 2.24. The Hall–Kier alpha value is -2.83. The number of hydrogen-bond donors (Lipinski definition) is 2. The number of sulfonamides is 1. The molecule has 0 bridgehead atoms. The fraction of sp³-hybridized carbons (Fsp3) is 0.182. The van der Waals surface area contributed by atoms with Gasteiger partial charge in [0.2, 0.25) is 0 Å². The van der Waals surface area contributed by atoms with E-state index in [1.807, 2.05) is 66.7 Å². The quantitative estimate of drug-likeness (QED) is 0.696. The van der Waals surface area contributed by atoms with Crippen molar-refractivity contribution in [2.45, 2.75) is 4.90 Å². The molecule has 4 rings (SSSR count). The lowest BCUT2D eigenvalue weighted by Gasteiger charge is -2.29. The number of piperazine rings is 1. The number of nitrogens with zero attached hydrogens (tertiary/aromatic N) is 1. The van der Waals surface area contributed by atoms with Gasteiger partial charge in [0.1, 0.15) is 0 Å². The summed E-state index contributed by atoms with van der Waals surface area (Å²) in [6.45, 7) is 3.85. The van der Waals surface area contributed by atoms with Crippen LogP contribution in [0.15, 0.2) is 83.8 Å². The van der Waals surface area contributed by atoms with Crippen LogP contribution >= 0.6 is 0 Å². The topological polar surface area (TPSA) is 61.4 Å². The summed E-state index contributed by atoms with van der Waals surface area (Å²) in [6.07, 6.45) is 0. The van der Waals surface area contributed by atoms with Crippen molar-refractivity contribution in [2.75, 3.05) is 35.8 Å². The molecule has 144 valence electrons. The molecule has 0 saturated carbocycles. The molecule has 0 spiro atoms. The molecule has 0 unspecified atom stereocenters. The summed E-state index contributed by atoms with van der Waals surface area (Å²) in [5, 5.41) is 3.33. The third-order valence-electron chi connectivity index (χ3n) is 4.87. The van der Waals surface area contributed by atoms with E-state index >= 15 is 0 Å². The van der Waals surface area contributed by atoms with E-state index in [9.17, 15) is 8.42 Å². The lowest BCUT2D eigenvalue weighted by atomic mass is 10.1. The highest BCUT2D eigenvalue weighted by molar-refractivity contribution is 7.92. The molecule has 0 amide bonds. The molecule has 6 heteroatoms. The minimum Gasteiger partial charge on any atom is -0.369 e. The first-order valence-corrected chi connectivity index (χ1v) is 10.8. The Morgan fingerprint density at radius 1 is 0.750 bits per heavy atom. The predicted octanol–water partition coefficient (Wildman–Crippen LogP) is 3.56. The Kier molecular flexibility index (Phi) is 5.32. The minimum atomic E-state index is -3.62. The van der Waals surface area contributed by atoms with Crippen LogP contribution in [0.4, 0.5) is 11.4 Å². The second-order valence-corrected chi connectivity index (χ2v) is 8.46. The zero-order chi connectivity index (χ0) is 19.4. The number of anilines is 2. The highest BCUT2D eigenvalue weighted by Gasteiger charge is 2.15. The fourth-order valence-electron chi connectivity index (χ4n) is 3.33. The zero-order valence-electron chi connectivity index (χ0n) is 15.5. The molecular weight excluding hydrogens is 370 g/mol. The summed E-state index contributed by atoms with van der Waals surface area (Å²) < 4.78 is 28.1. The third kappa shape index (κ3) is 4.18. The van der Waals surface area contributed by atoms with Crippen molar-refractivity contribution in [1.29, 1.82) is 0 Å². The summed E-state index contributed by atoms with van der Waals surface area (Å²) in [5.41, 5.74) is 3.71. The number of hydrogen-bond acceptors (Lipinski definition) is 4. The van der Waals surface area contributed by atoms with Crippen molar-refractivity contribution < 1.29 is 8.42 Å². The molecule has 0 aromatic heterocycles. The zero-order valence-corrected chi connectivity index (χ0v) is 16.3. The second-order valence-electron chi connectivity index (χ2n) is 6.78. The molecule has 1 heterocycles. The fourth-order valence-corrected chi connectivity index (χ4v) is 4.39. The van der Waals surface area contributed by atoms with E-state index in [1.165, 1.54) is 0 Å². The molecule has 1 saturated heterocycles. The minimum absolute atomic E-state index is 0.248. The van der Waals surface area contributed by atoms with Crippen LogP contribution in [-0.2, 0) is 10.0 Å². The molecule has 2 N–H and O–H groups in total. The average molecular weight is 394 g/mol. The smallest absolute Gasteiger partial charge is 0.261 e. The van der Waals surface area contributed by atoms with Gasteiger partial charge in [0.25, 0.3) is 10.0 Å². The van der Waals surface area contributed by atoms with Gasteiger partial charge in [-0.15, -0.1) is 0 Å². The monoisotopic (exact) mass is 393 g/mol. The lowest BCUT2D eigenvalue weighted by Crippen LogP contribution is -2.43. The third-order valence-corrected chi connectivity index (χ3v) is 6.27. The Bertz CT molecular complexity index is 1010. The largest absolute Gasteiger partial charge is 0.369 e. The van der Waals surface area contributed by atoms with Crippen LogP contribution < -0.4 is 14.9 Å². The molecule has 3 aromatic carbocycles. The van der Waals surface area contributed by atoms with Gasteiger partial charge in [-0.1, -0.05) is 42.5 Å². The van der Waals surface area contributed by atoms with Crippen molar-refractivity contribution in [2.24, 2.45) is 0 Å². The number of benzene rings is 3. The van der Waals surface area contributed by atoms with Crippen LogP contribution in [0, 0.1) is 0 Å². The molecule has 1 aliphatic rings. The molecule has 28 heavy (non-hydrogen) atoms. The molecule has 0 aliphatic carbocycles. The van der Waals surface area contributed by atoms with Gasteiger partial charge in [-0.2, -0.15) is 0 Å². The molecule has 3 aromatic rings. The Balaban J connectivity index is 1.48. The maximum atomic E-state index is 12.7. The van der Waals surface area contributed by atoms with Gasteiger partial charge in [0.05, 0.1) is 4.90 Å². The van der Waals surface area contributed by atoms with Gasteiger partial charge in [-0.05, 0) is 47.5 Å². The van der Waals surface area contributed by atoms with E-state index in [4.69, 9.17) is 0 Å². The van der Waals surface area contributed by atoms with Crippen LogP contribution in [-0.4, -0.2) is 34.6 Å². The van der Waals surface area contributed by atoms with Crippen LogP contribution in [0.25, 0.3) is 11.1 Å². The van der Waals surface area contributed by atoms with Crippen molar-refractivity contribution in [1.82, 2.24) is 5.32 Å². The van der Waals surface area contributed by atoms with Gasteiger partial charge < -0.3 is 10.2 Å². The van der Waals surface area contributed by atoms with Crippen LogP contribution in [0.3, 0.4) is 0 Å². The molecular formula is C22H23N3O2S. The van der Waals surface area contributed by atoms with Gasteiger partial charge in [0, 0.05) is 37.6 Å². The van der Waals surface area contributed by atoms with Crippen LogP contribution in [0.2, 0.25) is 0 Å². The average Bonchev–Trinajstić information content (AvgIpc) is 2.75. The molecule has 1 aliphatic heterocycles. The van der Waals surface area contributed by atoms with E-state index in [0.717, 1.165) is 43.0 Å². The van der Waals surface area contributed by atoms with Crippen molar-refractivity contribution >= 4 is 21.4 Å². The van der Waals surface area contributed by atoms with E-state index < -0.39 is 10.0 Å². The molecule has 0 atom stereocenters. The first-order chi connectivity index (χ1) is 13.6. The maximum Gasteiger partial charge on any atom is 0.261 e. The van der Waals surface area contributed by atoms with E-state index in [2.05, 4.69) is 14.9 Å². The summed E-state index contributed by atoms with van der Waals surface area (Å²) in [6, 6.07) is 24.4. The summed E-state index contributed by atoms with van der Waals surface area (Å²) in [4.78, 5) is 2.54. The van der Waals surface area contributed by atoms with Gasteiger partial charge in [-0.25, -0.2) is 8.42 Å². The van der Waals surface area contributed by atoms with Gasteiger partial charge in [0.15, 0.2) is 0 Å². The second kappa shape index (κ2) is 8.04. The number of rotatable bonds is 5. The van der Waals surface area contributed by atoms with Crippen molar-refractivity contribution in [3.63, 3.8) is 0 Å². The van der Waals surface area contributed by atoms with Gasteiger partial charge >= 0.3 is 0 Å². The summed E-state index contributed by atoms with van der Waals surface area (Å²) >= 11 is 0.